The quantitative estimate of drug-likeness (QED) is 0.367. The van der Waals surface area contributed by atoms with Gasteiger partial charge in [0, 0.05) is 30.8 Å². The Hall–Kier alpha value is -4.40. The Morgan fingerprint density at radius 2 is 1.87 bits per heavy atom. The van der Waals surface area contributed by atoms with E-state index in [0.717, 1.165) is 16.7 Å². The highest BCUT2D eigenvalue weighted by Crippen LogP contribution is 2.45. The molecule has 5 atom stereocenters. The zero-order chi connectivity index (χ0) is 38.5. The number of carbonyl (C=O) groups excluding carboxylic acids is 5. The van der Waals surface area contributed by atoms with Crippen LogP contribution in [0.2, 0.25) is 0 Å². The van der Waals surface area contributed by atoms with Gasteiger partial charge in [-0.1, -0.05) is 71.0 Å². The summed E-state index contributed by atoms with van der Waals surface area (Å²) in [5.74, 6) is -2.73. The van der Waals surface area contributed by atoms with Crippen molar-refractivity contribution in [3.8, 4) is 0 Å². The maximum Gasteiger partial charge on any atom is 0.410 e. The molecule has 6 rings (SSSR count). The number of cyclic esters (lactones) is 1. The predicted octanol–water partition coefficient (Wildman–Crippen LogP) is 3.40. The fraction of sp³-hybridized carbons (Fsp3) is 0.605. The first-order valence-corrected chi connectivity index (χ1v) is 19.9. The molecule has 14 nitrogen and oxygen atoms in total. The second-order valence-electron chi connectivity index (χ2n) is 16.9. The molecule has 5 amide bonds. The van der Waals surface area contributed by atoms with Crippen molar-refractivity contribution >= 4 is 46.0 Å². The molecular weight excluding hydrogens is 703 g/mol. The number of ether oxygens (including phenoxy) is 2. The molecule has 3 fully saturated rings. The predicted molar refractivity (Wildman–Crippen MR) is 195 cm³/mol. The van der Waals surface area contributed by atoms with Gasteiger partial charge in [0.15, 0.2) is 0 Å². The van der Waals surface area contributed by atoms with E-state index < -0.39 is 85.7 Å². The topological polar surface area (TPSA) is 181 Å². The molecule has 3 aliphatic heterocycles. The second-order valence-corrected chi connectivity index (χ2v) is 18.8. The number of carbonyl (C=O) groups is 5. The summed E-state index contributed by atoms with van der Waals surface area (Å²) >= 11 is 0. The van der Waals surface area contributed by atoms with Crippen LogP contribution in [0.25, 0.3) is 6.08 Å². The summed E-state index contributed by atoms with van der Waals surface area (Å²) < 4.78 is 39.1. The standard InChI is InChI=1S/C38H51N5O9S/c1-7-25-19-38(25,33(46)41-53(49,50)27-13-14-27)40-31(44)29-18-26-20-43(29)32(45)30(36(2,3)4)39-34(47)51-22-37(5,6)16-9-12-23-10-8-11-24-15-17-42(21-28(23)24)35(48)52-26/h7-12,25-27,29-30H,1,13-22H2,2-6H3,(H,39,47)(H,40,44)(H,41,46)/b12-9+/t25-,26+,29-,30+,38+/m0/s1. The number of hydrogen-bond acceptors (Lipinski definition) is 9. The smallest absolute Gasteiger partial charge is 0.410 e. The molecule has 15 heteroatoms. The zero-order valence-corrected chi connectivity index (χ0v) is 31.9. The number of allylic oxidation sites excluding steroid dienone is 1. The lowest BCUT2D eigenvalue weighted by molar-refractivity contribution is -0.143. The molecule has 1 aromatic carbocycles. The molecule has 1 saturated heterocycles. The highest BCUT2D eigenvalue weighted by atomic mass is 32.2. The van der Waals surface area contributed by atoms with Crippen molar-refractivity contribution < 1.29 is 41.9 Å². The van der Waals surface area contributed by atoms with Gasteiger partial charge in [0.1, 0.15) is 23.7 Å². The molecule has 0 unspecified atom stereocenters. The van der Waals surface area contributed by atoms with Gasteiger partial charge in [-0.2, -0.15) is 0 Å². The van der Waals surface area contributed by atoms with Crippen molar-refractivity contribution in [3.63, 3.8) is 0 Å². The van der Waals surface area contributed by atoms with Crippen LogP contribution in [0.5, 0.6) is 0 Å². The fourth-order valence-corrected chi connectivity index (χ4v) is 8.69. The maximum atomic E-state index is 14.5. The number of nitrogens with one attached hydrogen (secondary N) is 3. The number of amides is 5. The molecule has 0 spiro atoms. The SMILES string of the molecule is C=C[C@H]1C[C@]1(NC(=O)[C@@H]1C[C@@H]2CN1C(=O)[C@H](C(C)(C)C)NC(=O)OCC(C)(C)C/C=C/c1cccc3c1CN(CC3)C(=O)O2)C(=O)NS(=O)(=O)C1CC1. The largest absolute Gasteiger partial charge is 0.449 e. The van der Waals surface area contributed by atoms with Crippen molar-refractivity contribution in [3.05, 3.63) is 53.6 Å². The van der Waals surface area contributed by atoms with Crippen LogP contribution in [0.4, 0.5) is 9.59 Å². The summed E-state index contributed by atoms with van der Waals surface area (Å²) in [5.41, 5.74) is 0.227. The summed E-state index contributed by atoms with van der Waals surface area (Å²) in [6.07, 6.45) is 5.37. The number of benzene rings is 1. The van der Waals surface area contributed by atoms with Crippen molar-refractivity contribution in [2.75, 3.05) is 19.7 Å². The Kier molecular flexibility index (Phi) is 10.2. The minimum absolute atomic E-state index is 0.0686. The number of alkyl carbamates (subject to hydrolysis) is 1. The van der Waals surface area contributed by atoms with E-state index in [0.29, 0.717) is 38.8 Å². The third kappa shape index (κ3) is 8.24. The summed E-state index contributed by atoms with van der Waals surface area (Å²) in [4.78, 5) is 72.0. The van der Waals surface area contributed by atoms with Gasteiger partial charge in [0.2, 0.25) is 21.8 Å². The Morgan fingerprint density at radius 1 is 1.13 bits per heavy atom. The van der Waals surface area contributed by atoms with Crippen LogP contribution in [-0.4, -0.2) is 96.8 Å². The zero-order valence-electron chi connectivity index (χ0n) is 31.1. The van der Waals surface area contributed by atoms with Gasteiger partial charge in [-0.15, -0.1) is 6.58 Å². The summed E-state index contributed by atoms with van der Waals surface area (Å²) in [5, 5.41) is 4.82. The second kappa shape index (κ2) is 14.1. The van der Waals surface area contributed by atoms with E-state index in [9.17, 15) is 32.4 Å². The monoisotopic (exact) mass is 753 g/mol. The van der Waals surface area contributed by atoms with Gasteiger partial charge in [-0.25, -0.2) is 18.0 Å². The van der Waals surface area contributed by atoms with E-state index in [1.807, 2.05) is 44.2 Å². The average molecular weight is 754 g/mol. The third-order valence-corrected chi connectivity index (χ3v) is 12.7. The molecule has 1 aromatic rings. The number of nitrogens with zero attached hydrogens (tertiary/aromatic N) is 2. The van der Waals surface area contributed by atoms with Crippen LogP contribution in [0.15, 0.2) is 36.9 Å². The van der Waals surface area contributed by atoms with Crippen molar-refractivity contribution in [2.45, 2.75) is 109 Å². The molecule has 288 valence electrons. The van der Waals surface area contributed by atoms with E-state index in [1.54, 1.807) is 25.7 Å². The van der Waals surface area contributed by atoms with Crippen LogP contribution in [-0.2, 0) is 46.8 Å². The average Bonchev–Trinajstić information content (AvgIpc) is 4.02. The maximum absolute atomic E-state index is 14.5. The van der Waals surface area contributed by atoms with Gasteiger partial charge in [0.05, 0.1) is 18.4 Å². The molecule has 2 saturated carbocycles. The molecule has 53 heavy (non-hydrogen) atoms. The van der Waals surface area contributed by atoms with Gasteiger partial charge >= 0.3 is 12.2 Å². The first kappa shape index (κ1) is 38.3. The minimum atomic E-state index is -3.91. The van der Waals surface area contributed by atoms with Gasteiger partial charge < -0.3 is 29.9 Å². The molecule has 0 aromatic heterocycles. The van der Waals surface area contributed by atoms with Crippen LogP contribution < -0.4 is 15.4 Å². The number of sulfonamides is 1. The summed E-state index contributed by atoms with van der Waals surface area (Å²) in [7, 11) is -3.91. The Balaban J connectivity index is 1.30. The molecular formula is C38H51N5O9S. The molecule has 3 N–H and O–H groups in total. The van der Waals surface area contributed by atoms with E-state index in [-0.39, 0.29) is 26.0 Å². The highest BCUT2D eigenvalue weighted by molar-refractivity contribution is 7.91. The molecule has 0 radical (unpaired) electrons. The van der Waals surface area contributed by atoms with Crippen LogP contribution in [0, 0.1) is 16.7 Å². The lowest BCUT2D eigenvalue weighted by atomic mass is 9.85. The minimum Gasteiger partial charge on any atom is -0.449 e. The molecule has 2 aliphatic carbocycles. The summed E-state index contributed by atoms with van der Waals surface area (Å²) in [6, 6.07) is 3.65. The first-order valence-electron chi connectivity index (χ1n) is 18.3. The third-order valence-electron chi connectivity index (χ3n) is 10.9. The van der Waals surface area contributed by atoms with E-state index in [2.05, 4.69) is 21.9 Å². The van der Waals surface area contributed by atoms with Gasteiger partial charge in [0.25, 0.3) is 5.91 Å². The van der Waals surface area contributed by atoms with E-state index in [4.69, 9.17) is 9.47 Å². The Bertz CT molecular complexity index is 1830. The molecule has 4 bridgehead atoms. The number of hydrogen-bond donors (Lipinski definition) is 3. The van der Waals surface area contributed by atoms with Crippen LogP contribution in [0.1, 0.15) is 83.4 Å². The van der Waals surface area contributed by atoms with Crippen molar-refractivity contribution in [2.24, 2.45) is 16.7 Å². The normalized spacial score (nSPS) is 29.6. The van der Waals surface area contributed by atoms with E-state index >= 15 is 0 Å². The molecule has 5 aliphatic rings. The highest BCUT2D eigenvalue weighted by Gasteiger charge is 2.62. The fourth-order valence-electron chi connectivity index (χ4n) is 7.33. The van der Waals surface area contributed by atoms with Crippen LogP contribution in [0.3, 0.4) is 0 Å². The lowest BCUT2D eigenvalue weighted by Crippen LogP contribution is -2.60. The number of rotatable bonds is 6. The summed E-state index contributed by atoms with van der Waals surface area (Å²) in [6.45, 7) is 13.6. The molecule has 3 heterocycles. The number of fused-ring (bicyclic) bond motifs is 3. The lowest BCUT2D eigenvalue weighted by Gasteiger charge is -2.35. The van der Waals surface area contributed by atoms with Gasteiger partial charge in [-0.3, -0.25) is 19.1 Å². The van der Waals surface area contributed by atoms with Crippen molar-refractivity contribution in [1.82, 2.24) is 25.2 Å². The van der Waals surface area contributed by atoms with Crippen LogP contribution >= 0.6 is 0 Å². The Labute approximate surface area is 311 Å². The van der Waals surface area contributed by atoms with Gasteiger partial charge in [-0.05, 0) is 54.2 Å². The Morgan fingerprint density at radius 3 is 2.53 bits per heavy atom. The van der Waals surface area contributed by atoms with Crippen molar-refractivity contribution in [1.29, 1.82) is 0 Å². The first-order chi connectivity index (χ1) is 24.8. The van der Waals surface area contributed by atoms with E-state index in [1.165, 1.54) is 11.0 Å².